The Morgan fingerprint density at radius 2 is 1.38 bits per heavy atom. The zero-order chi connectivity index (χ0) is 15.8. The molecule has 21 heavy (non-hydrogen) atoms. The van der Waals surface area contributed by atoms with Gasteiger partial charge in [0.1, 0.15) is 0 Å². The average molecular weight is 326 g/mol. The van der Waals surface area contributed by atoms with E-state index in [1.165, 1.54) is 31.2 Å². The fourth-order valence-electron chi connectivity index (χ4n) is 2.59. The van der Waals surface area contributed by atoms with Crippen LogP contribution >= 0.6 is 0 Å². The van der Waals surface area contributed by atoms with Crippen LogP contribution in [0.4, 0.5) is 0 Å². The summed E-state index contributed by atoms with van der Waals surface area (Å²) in [5.41, 5.74) is 1.31. The van der Waals surface area contributed by atoms with Crippen LogP contribution in [0.3, 0.4) is 0 Å². The van der Waals surface area contributed by atoms with Crippen molar-refractivity contribution in [1.82, 2.24) is 0 Å². The number of rotatable bonds is 3. The van der Waals surface area contributed by atoms with Gasteiger partial charge in [0.25, 0.3) is 0 Å². The SMILES string of the molecule is OCC(c1ccccc1)C1CCCC1.[C-]#[O+].[C-]#[O+].[C-]#[O+].[Cr]. The maximum atomic E-state index is 9.44. The Balaban J connectivity index is -0.000000414. The molecule has 1 aromatic rings. The number of hydrogen-bond acceptors (Lipinski definition) is 1. The van der Waals surface area contributed by atoms with Crippen molar-refractivity contribution in [3.8, 4) is 0 Å². The van der Waals surface area contributed by atoms with Gasteiger partial charge in [0, 0.05) is 23.3 Å². The van der Waals surface area contributed by atoms with Crippen molar-refractivity contribution in [2.24, 2.45) is 5.92 Å². The molecular formula is C16H18CrO4. The zero-order valence-corrected chi connectivity index (χ0v) is 12.9. The molecule has 0 heterocycles. The number of hydrogen-bond donors (Lipinski definition) is 1. The third kappa shape index (κ3) is 9.48. The molecule has 0 spiro atoms. The van der Waals surface area contributed by atoms with Crippen LogP contribution in [-0.2, 0) is 31.3 Å². The van der Waals surface area contributed by atoms with Gasteiger partial charge in [-0.3, -0.25) is 0 Å². The Bertz CT molecular complexity index is 366. The second-order valence-corrected chi connectivity index (χ2v) is 4.24. The maximum Gasteiger partial charge on any atom is 0 e. The van der Waals surface area contributed by atoms with E-state index in [9.17, 15) is 5.11 Å². The number of benzene rings is 1. The van der Waals surface area contributed by atoms with Crippen LogP contribution in [0.15, 0.2) is 30.3 Å². The summed E-state index contributed by atoms with van der Waals surface area (Å²) < 4.78 is 22.5. The van der Waals surface area contributed by atoms with Gasteiger partial charge in [-0.1, -0.05) is 43.2 Å². The van der Waals surface area contributed by atoms with E-state index in [-0.39, 0.29) is 17.4 Å². The van der Waals surface area contributed by atoms with Gasteiger partial charge < -0.3 is 5.11 Å². The predicted octanol–water partition coefficient (Wildman–Crippen LogP) is 2.84. The quantitative estimate of drug-likeness (QED) is 0.672. The normalized spacial score (nSPS) is 13.5. The van der Waals surface area contributed by atoms with Crippen molar-refractivity contribution in [2.75, 3.05) is 6.61 Å². The molecular weight excluding hydrogens is 308 g/mol. The van der Waals surface area contributed by atoms with E-state index in [2.05, 4.69) is 44.2 Å². The number of aliphatic hydroxyl groups excluding tert-OH is 1. The first-order valence-electron chi connectivity index (χ1n) is 6.19. The van der Waals surface area contributed by atoms with Gasteiger partial charge in [-0.25, -0.2) is 0 Å². The summed E-state index contributed by atoms with van der Waals surface area (Å²) in [7, 11) is 0. The molecule has 1 saturated carbocycles. The van der Waals surface area contributed by atoms with E-state index in [1.807, 2.05) is 6.07 Å². The van der Waals surface area contributed by atoms with E-state index in [0.29, 0.717) is 18.4 Å². The van der Waals surface area contributed by atoms with E-state index in [1.54, 1.807) is 0 Å². The largest absolute Gasteiger partial charge is 0 e. The molecule has 0 aliphatic heterocycles. The summed E-state index contributed by atoms with van der Waals surface area (Å²) in [5.74, 6) is 1.08. The summed E-state index contributed by atoms with van der Waals surface area (Å²) in [6, 6.07) is 10.4. The molecule has 1 unspecified atom stereocenters. The molecule has 0 aromatic heterocycles. The molecule has 1 atom stereocenters. The standard InChI is InChI=1S/C13H18O.3CO.Cr/c14-10-13(12-8-4-5-9-12)11-6-2-1-3-7-11;3*1-2;/h1-3,6-7,12-14H,4-5,8-10H2;;;;. The molecule has 1 aromatic carbocycles. The number of aliphatic hydroxyl groups is 1. The molecule has 0 amide bonds. The molecule has 1 aliphatic carbocycles. The van der Waals surface area contributed by atoms with Crippen molar-refractivity contribution in [2.45, 2.75) is 31.6 Å². The van der Waals surface area contributed by atoms with Gasteiger partial charge in [-0.2, -0.15) is 0 Å². The molecule has 0 bridgehead atoms. The van der Waals surface area contributed by atoms with Crippen LogP contribution < -0.4 is 0 Å². The first kappa shape index (κ1) is 24.9. The summed E-state index contributed by atoms with van der Waals surface area (Å²) in [6.45, 7) is 13.8. The maximum absolute atomic E-state index is 9.44. The minimum Gasteiger partial charge on any atom is 0 e. The summed E-state index contributed by atoms with van der Waals surface area (Å²) in [5, 5.41) is 9.44. The van der Waals surface area contributed by atoms with Crippen LogP contribution in [0.1, 0.15) is 37.2 Å². The smallest absolute Gasteiger partial charge is 0 e. The summed E-state index contributed by atoms with van der Waals surface area (Å²) in [4.78, 5) is 0. The molecule has 112 valence electrons. The van der Waals surface area contributed by atoms with Crippen molar-refractivity contribution in [3.63, 3.8) is 0 Å². The van der Waals surface area contributed by atoms with E-state index in [0.717, 1.165) is 0 Å². The van der Waals surface area contributed by atoms with Crippen LogP contribution in [0.5, 0.6) is 0 Å². The Labute approximate surface area is 136 Å². The van der Waals surface area contributed by atoms with Gasteiger partial charge in [0.15, 0.2) is 0 Å². The van der Waals surface area contributed by atoms with Crippen LogP contribution in [0.2, 0.25) is 0 Å². The predicted molar refractivity (Wildman–Crippen MR) is 70.0 cm³/mol. The topological polar surface area (TPSA) is 79.9 Å². The van der Waals surface area contributed by atoms with E-state index in [4.69, 9.17) is 14.0 Å². The fourth-order valence-corrected chi connectivity index (χ4v) is 2.59. The van der Waals surface area contributed by atoms with Crippen molar-refractivity contribution in [3.05, 3.63) is 55.8 Å². The van der Waals surface area contributed by atoms with Crippen molar-refractivity contribution >= 4 is 0 Å². The Morgan fingerprint density at radius 1 is 0.952 bits per heavy atom. The fraction of sp³-hybridized carbons (Fsp3) is 0.438. The monoisotopic (exact) mass is 326 g/mol. The Hall–Kier alpha value is -1.07. The van der Waals surface area contributed by atoms with Gasteiger partial charge in [-0.05, 0) is 24.3 Å². The summed E-state index contributed by atoms with van der Waals surface area (Å²) in [6.07, 6.45) is 5.27. The van der Waals surface area contributed by atoms with E-state index >= 15 is 0 Å². The zero-order valence-electron chi connectivity index (χ0n) is 11.7. The minimum atomic E-state index is 0. The molecule has 4 nitrogen and oxygen atoms in total. The van der Waals surface area contributed by atoms with Crippen LogP contribution in [-0.4, -0.2) is 11.7 Å². The van der Waals surface area contributed by atoms with Crippen molar-refractivity contribution < 1.29 is 36.4 Å². The molecule has 1 aliphatic rings. The Kier molecular flexibility index (Phi) is 22.5. The summed E-state index contributed by atoms with van der Waals surface area (Å²) >= 11 is 0. The molecule has 5 heteroatoms. The molecule has 1 fully saturated rings. The second kappa shape index (κ2) is 18.9. The average Bonchev–Trinajstić information content (AvgIpc) is 3.09. The molecule has 2 rings (SSSR count). The molecule has 0 saturated heterocycles. The first-order valence-corrected chi connectivity index (χ1v) is 6.19. The van der Waals surface area contributed by atoms with Gasteiger partial charge in [0.2, 0.25) is 0 Å². The minimum absolute atomic E-state index is 0. The van der Waals surface area contributed by atoms with Gasteiger partial charge in [0.05, 0.1) is 6.61 Å². The van der Waals surface area contributed by atoms with Crippen molar-refractivity contribution in [1.29, 1.82) is 0 Å². The van der Waals surface area contributed by atoms with Gasteiger partial charge >= 0.3 is 33.9 Å². The molecule has 1 N–H and O–H groups in total. The second-order valence-electron chi connectivity index (χ2n) is 4.24. The third-order valence-electron chi connectivity index (χ3n) is 3.39. The van der Waals surface area contributed by atoms with Gasteiger partial charge in [-0.15, -0.1) is 0 Å². The molecule has 0 radical (unpaired) electrons. The Morgan fingerprint density at radius 3 is 1.76 bits per heavy atom. The van der Waals surface area contributed by atoms with Crippen LogP contribution in [0, 0.1) is 25.9 Å². The first-order chi connectivity index (χ1) is 9.92. The van der Waals surface area contributed by atoms with E-state index < -0.39 is 0 Å². The van der Waals surface area contributed by atoms with Crippen LogP contribution in [0.25, 0.3) is 0 Å². The third-order valence-corrected chi connectivity index (χ3v) is 3.39.